The smallest absolute Gasteiger partial charge is 0.0652 e. The molecular formula is C18H27N3O. The molecule has 0 bridgehead atoms. The Morgan fingerprint density at radius 2 is 2.09 bits per heavy atom. The van der Waals surface area contributed by atoms with E-state index in [2.05, 4.69) is 20.9 Å². The molecule has 0 aromatic carbocycles. The molecule has 0 radical (unpaired) electrons. The summed E-state index contributed by atoms with van der Waals surface area (Å²) >= 11 is 0. The van der Waals surface area contributed by atoms with E-state index >= 15 is 0 Å². The highest BCUT2D eigenvalue weighted by molar-refractivity contribution is 5.09. The molecule has 4 heteroatoms. The molecule has 4 nitrogen and oxygen atoms in total. The second kappa shape index (κ2) is 6.26. The third kappa shape index (κ3) is 3.19. The molecule has 4 rings (SSSR count). The Morgan fingerprint density at radius 3 is 2.82 bits per heavy atom. The lowest BCUT2D eigenvalue weighted by atomic mass is 9.85. The average molecular weight is 301 g/mol. The van der Waals surface area contributed by atoms with Crippen molar-refractivity contribution in [2.45, 2.75) is 37.8 Å². The van der Waals surface area contributed by atoms with Crippen LogP contribution in [0.5, 0.6) is 0 Å². The van der Waals surface area contributed by atoms with E-state index in [1.807, 2.05) is 18.5 Å². The third-order valence-electron chi connectivity index (χ3n) is 5.64. The summed E-state index contributed by atoms with van der Waals surface area (Å²) < 4.78 is 5.88. The number of nitrogens with zero attached hydrogens (tertiary/aromatic N) is 3. The summed E-state index contributed by atoms with van der Waals surface area (Å²) in [6, 6.07) is 4.22. The molecule has 1 aromatic heterocycles. The molecule has 0 N–H and O–H groups in total. The summed E-state index contributed by atoms with van der Waals surface area (Å²) in [7, 11) is 0. The fourth-order valence-electron chi connectivity index (χ4n) is 4.00. The first-order chi connectivity index (χ1) is 10.8. The molecule has 120 valence electrons. The minimum absolute atomic E-state index is 0.326. The van der Waals surface area contributed by atoms with Gasteiger partial charge in [-0.3, -0.25) is 14.8 Å². The number of morpholine rings is 1. The van der Waals surface area contributed by atoms with Gasteiger partial charge in [-0.15, -0.1) is 0 Å². The summed E-state index contributed by atoms with van der Waals surface area (Å²) in [5.41, 5.74) is 1.65. The van der Waals surface area contributed by atoms with Gasteiger partial charge in [0.2, 0.25) is 0 Å². The number of hydrogen-bond donors (Lipinski definition) is 0. The molecule has 3 aliphatic rings. The van der Waals surface area contributed by atoms with Crippen LogP contribution in [0.3, 0.4) is 0 Å². The van der Waals surface area contributed by atoms with Gasteiger partial charge in [0.05, 0.1) is 13.2 Å². The van der Waals surface area contributed by atoms with Gasteiger partial charge in [-0.1, -0.05) is 6.07 Å². The van der Waals surface area contributed by atoms with Gasteiger partial charge < -0.3 is 4.74 Å². The van der Waals surface area contributed by atoms with Gasteiger partial charge in [0.25, 0.3) is 0 Å². The van der Waals surface area contributed by atoms with E-state index in [1.54, 1.807) is 0 Å². The van der Waals surface area contributed by atoms with Crippen LogP contribution in [0.1, 0.15) is 31.2 Å². The molecule has 1 saturated carbocycles. The monoisotopic (exact) mass is 301 g/mol. The molecule has 3 heterocycles. The molecule has 0 unspecified atom stereocenters. The van der Waals surface area contributed by atoms with Crippen molar-refractivity contribution in [1.82, 2.24) is 14.8 Å². The summed E-state index contributed by atoms with van der Waals surface area (Å²) in [4.78, 5) is 9.58. The maximum atomic E-state index is 5.88. The first-order valence-electron chi connectivity index (χ1n) is 8.78. The Kier molecular flexibility index (Phi) is 4.16. The molecular weight excluding hydrogens is 274 g/mol. The number of likely N-dealkylation sites (tertiary alicyclic amines) is 1. The van der Waals surface area contributed by atoms with E-state index in [0.29, 0.717) is 5.54 Å². The molecule has 22 heavy (non-hydrogen) atoms. The molecule has 3 fully saturated rings. The molecule has 2 aliphatic heterocycles. The Morgan fingerprint density at radius 1 is 1.23 bits per heavy atom. The van der Waals surface area contributed by atoms with Crippen LogP contribution < -0.4 is 0 Å². The number of rotatable bonds is 4. The lowest BCUT2D eigenvalue weighted by molar-refractivity contribution is -0.0970. The zero-order valence-corrected chi connectivity index (χ0v) is 13.4. The summed E-state index contributed by atoms with van der Waals surface area (Å²) in [5, 5.41) is 0. The zero-order valence-electron chi connectivity index (χ0n) is 13.4. The van der Waals surface area contributed by atoms with Crippen LogP contribution in [0.2, 0.25) is 0 Å². The fourth-order valence-corrected chi connectivity index (χ4v) is 4.00. The van der Waals surface area contributed by atoms with E-state index in [9.17, 15) is 0 Å². The number of hydrogen-bond acceptors (Lipinski definition) is 4. The third-order valence-corrected chi connectivity index (χ3v) is 5.64. The largest absolute Gasteiger partial charge is 0.378 e. The standard InChI is InChI=1S/C18H27N3O/c1-2-17(12-19-7-1)13-20-8-5-18(6-9-20)15-22-11-10-21(18)14-16-3-4-16/h1-2,7,12,16H,3-6,8-11,13-15H2. The molecule has 2 saturated heterocycles. The number of aromatic nitrogens is 1. The van der Waals surface area contributed by atoms with Crippen LogP contribution in [0, 0.1) is 5.92 Å². The number of ether oxygens (including phenoxy) is 1. The Bertz CT molecular complexity index is 480. The van der Waals surface area contributed by atoms with Crippen LogP contribution in [-0.4, -0.2) is 59.7 Å². The first-order valence-corrected chi connectivity index (χ1v) is 8.78. The van der Waals surface area contributed by atoms with Gasteiger partial charge in [0, 0.05) is 50.7 Å². The van der Waals surface area contributed by atoms with Gasteiger partial charge in [-0.2, -0.15) is 0 Å². The second-order valence-electron chi connectivity index (χ2n) is 7.30. The van der Waals surface area contributed by atoms with Crippen LogP contribution in [-0.2, 0) is 11.3 Å². The van der Waals surface area contributed by atoms with Crippen molar-refractivity contribution in [2.24, 2.45) is 5.92 Å². The molecule has 1 aliphatic carbocycles. The van der Waals surface area contributed by atoms with Gasteiger partial charge in [-0.05, 0) is 43.2 Å². The predicted molar refractivity (Wildman–Crippen MR) is 86.6 cm³/mol. The fraction of sp³-hybridized carbons (Fsp3) is 0.722. The van der Waals surface area contributed by atoms with E-state index in [4.69, 9.17) is 4.74 Å². The molecule has 1 aromatic rings. The molecule has 0 amide bonds. The van der Waals surface area contributed by atoms with Crippen molar-refractivity contribution in [2.75, 3.05) is 39.4 Å². The highest BCUT2D eigenvalue weighted by atomic mass is 16.5. The van der Waals surface area contributed by atoms with Crippen molar-refractivity contribution in [3.63, 3.8) is 0 Å². The molecule has 1 spiro atoms. The SMILES string of the molecule is c1cncc(CN2CCC3(CC2)COCCN3CC2CC2)c1. The topological polar surface area (TPSA) is 28.6 Å². The summed E-state index contributed by atoms with van der Waals surface area (Å²) in [5.74, 6) is 0.975. The second-order valence-corrected chi connectivity index (χ2v) is 7.30. The van der Waals surface area contributed by atoms with E-state index < -0.39 is 0 Å². The normalized spacial score (nSPS) is 26.4. The Balaban J connectivity index is 1.36. The van der Waals surface area contributed by atoms with Crippen LogP contribution >= 0.6 is 0 Å². The highest BCUT2D eigenvalue weighted by Crippen LogP contribution is 2.37. The number of piperidine rings is 1. The van der Waals surface area contributed by atoms with Gasteiger partial charge >= 0.3 is 0 Å². The zero-order chi connectivity index (χ0) is 14.8. The van der Waals surface area contributed by atoms with E-state index in [1.165, 1.54) is 50.9 Å². The maximum Gasteiger partial charge on any atom is 0.0652 e. The van der Waals surface area contributed by atoms with Crippen LogP contribution in [0.25, 0.3) is 0 Å². The Labute approximate surface area is 133 Å². The Hall–Kier alpha value is -0.970. The molecule has 0 atom stereocenters. The lowest BCUT2D eigenvalue weighted by Crippen LogP contribution is -2.61. The van der Waals surface area contributed by atoms with E-state index in [-0.39, 0.29) is 0 Å². The summed E-state index contributed by atoms with van der Waals surface area (Å²) in [6.07, 6.45) is 9.23. The van der Waals surface area contributed by atoms with Gasteiger partial charge in [0.15, 0.2) is 0 Å². The minimum Gasteiger partial charge on any atom is -0.378 e. The minimum atomic E-state index is 0.326. The van der Waals surface area contributed by atoms with Gasteiger partial charge in [-0.25, -0.2) is 0 Å². The maximum absolute atomic E-state index is 5.88. The predicted octanol–water partition coefficient (Wildman–Crippen LogP) is 2.16. The highest BCUT2D eigenvalue weighted by Gasteiger charge is 2.43. The van der Waals surface area contributed by atoms with Gasteiger partial charge in [0.1, 0.15) is 0 Å². The van der Waals surface area contributed by atoms with Crippen molar-refractivity contribution in [3.05, 3.63) is 30.1 Å². The van der Waals surface area contributed by atoms with E-state index in [0.717, 1.165) is 32.2 Å². The van der Waals surface area contributed by atoms with Crippen LogP contribution in [0.4, 0.5) is 0 Å². The summed E-state index contributed by atoms with van der Waals surface area (Å²) in [6.45, 7) is 7.71. The van der Waals surface area contributed by atoms with Crippen molar-refractivity contribution < 1.29 is 4.74 Å². The first kappa shape index (κ1) is 14.6. The van der Waals surface area contributed by atoms with Crippen LogP contribution in [0.15, 0.2) is 24.5 Å². The number of pyridine rings is 1. The van der Waals surface area contributed by atoms with Crippen molar-refractivity contribution in [3.8, 4) is 0 Å². The van der Waals surface area contributed by atoms with Crippen molar-refractivity contribution >= 4 is 0 Å². The average Bonchev–Trinajstić information content (AvgIpc) is 3.37. The lowest BCUT2D eigenvalue weighted by Gasteiger charge is -2.51. The quantitative estimate of drug-likeness (QED) is 0.852. The van der Waals surface area contributed by atoms with Crippen molar-refractivity contribution in [1.29, 1.82) is 0 Å².